The number of morpholine rings is 1. The minimum Gasteiger partial charge on any atom is -0.370 e. The number of alkyl halides is 3. The van der Waals surface area contributed by atoms with Crippen molar-refractivity contribution in [2.24, 2.45) is 0 Å². The number of hydrogen-bond acceptors (Lipinski definition) is 5. The second-order valence-electron chi connectivity index (χ2n) is 6.30. The lowest BCUT2D eigenvalue weighted by atomic mass is 10.0. The minimum absolute atomic E-state index is 0.122. The van der Waals surface area contributed by atoms with Crippen LogP contribution in [0.5, 0.6) is 0 Å². The minimum atomic E-state index is -4.49. The summed E-state index contributed by atoms with van der Waals surface area (Å²) in [6.07, 6.45) is -3.54. The number of fused-ring (bicyclic) bond motifs is 1. The molecule has 10 heteroatoms. The molecule has 1 saturated heterocycles. The molecule has 0 bridgehead atoms. The van der Waals surface area contributed by atoms with Crippen LogP contribution >= 0.6 is 11.3 Å². The van der Waals surface area contributed by atoms with Crippen LogP contribution < -0.4 is 0 Å². The van der Waals surface area contributed by atoms with Gasteiger partial charge in [0.1, 0.15) is 22.4 Å². The van der Waals surface area contributed by atoms with Crippen molar-refractivity contribution < 1.29 is 27.5 Å². The van der Waals surface area contributed by atoms with E-state index < -0.39 is 24.7 Å². The number of nitrogens with zero attached hydrogens (tertiary/aromatic N) is 3. The Morgan fingerprint density at radius 2 is 2.19 bits per heavy atom. The standard InChI is InChI=1S/C17H18F3N3O3S/c1-10(24)23-6-7-26-12(8-23)13-11-4-3-5-21-15(11)27-14(13)16(25)22(2)9-17(18,19)20/h3-5,12H,6-9H2,1-2H3/t12-/m1/s1. The highest BCUT2D eigenvalue weighted by Gasteiger charge is 2.35. The summed E-state index contributed by atoms with van der Waals surface area (Å²) in [5, 5.41) is 0.654. The van der Waals surface area contributed by atoms with E-state index in [1.807, 2.05) is 0 Å². The molecule has 0 N–H and O–H groups in total. The first kappa shape index (κ1) is 19.6. The SMILES string of the molecule is CC(=O)N1CCO[C@@H](c2c(C(=O)N(C)CC(F)(F)F)sc3ncccc23)C1. The number of hydrogen-bond donors (Lipinski definition) is 0. The Bertz CT molecular complexity index is 868. The lowest BCUT2D eigenvalue weighted by molar-refractivity contribution is -0.138. The highest BCUT2D eigenvalue weighted by molar-refractivity contribution is 7.20. The molecule has 2 aromatic rings. The molecule has 1 fully saturated rings. The van der Waals surface area contributed by atoms with Gasteiger partial charge in [-0.2, -0.15) is 13.2 Å². The average Bonchev–Trinajstić information content (AvgIpc) is 2.99. The normalized spacial score (nSPS) is 18.0. The van der Waals surface area contributed by atoms with Gasteiger partial charge in [0, 0.05) is 37.7 Å². The van der Waals surface area contributed by atoms with Crippen molar-refractivity contribution in [1.82, 2.24) is 14.8 Å². The smallest absolute Gasteiger partial charge is 0.370 e. The van der Waals surface area contributed by atoms with Crippen molar-refractivity contribution in [3.8, 4) is 0 Å². The van der Waals surface area contributed by atoms with Gasteiger partial charge in [0.15, 0.2) is 0 Å². The van der Waals surface area contributed by atoms with Crippen LogP contribution in [0.15, 0.2) is 18.3 Å². The molecular formula is C17H18F3N3O3S. The maximum Gasteiger partial charge on any atom is 0.406 e. The maximum absolute atomic E-state index is 12.7. The number of pyridine rings is 1. The summed E-state index contributed by atoms with van der Waals surface area (Å²) in [4.78, 5) is 31.6. The molecule has 1 aliphatic rings. The van der Waals surface area contributed by atoms with Gasteiger partial charge >= 0.3 is 6.18 Å². The highest BCUT2D eigenvalue weighted by Crippen LogP contribution is 2.38. The van der Waals surface area contributed by atoms with Crippen LogP contribution in [0.1, 0.15) is 28.3 Å². The first-order valence-corrected chi connectivity index (χ1v) is 9.06. The summed E-state index contributed by atoms with van der Waals surface area (Å²) in [6, 6.07) is 3.45. The summed E-state index contributed by atoms with van der Waals surface area (Å²) in [5.74, 6) is -0.864. The molecule has 6 nitrogen and oxygen atoms in total. The van der Waals surface area contributed by atoms with E-state index in [4.69, 9.17) is 4.74 Å². The van der Waals surface area contributed by atoms with Crippen molar-refractivity contribution in [1.29, 1.82) is 0 Å². The van der Waals surface area contributed by atoms with E-state index in [9.17, 15) is 22.8 Å². The van der Waals surface area contributed by atoms with Crippen molar-refractivity contribution in [2.45, 2.75) is 19.2 Å². The Morgan fingerprint density at radius 1 is 1.44 bits per heavy atom. The second-order valence-corrected chi connectivity index (χ2v) is 7.30. The van der Waals surface area contributed by atoms with Gasteiger partial charge in [0.25, 0.3) is 5.91 Å². The average molecular weight is 401 g/mol. The monoisotopic (exact) mass is 401 g/mol. The van der Waals surface area contributed by atoms with Gasteiger partial charge in [-0.15, -0.1) is 11.3 Å². The molecular weight excluding hydrogens is 383 g/mol. The lowest BCUT2D eigenvalue weighted by Crippen LogP contribution is -2.41. The Hall–Kier alpha value is -2.20. The molecule has 0 radical (unpaired) electrons. The van der Waals surface area contributed by atoms with Crippen molar-refractivity contribution >= 4 is 33.4 Å². The van der Waals surface area contributed by atoms with E-state index >= 15 is 0 Å². The quantitative estimate of drug-likeness (QED) is 0.794. The number of halogens is 3. The number of rotatable bonds is 3. The zero-order chi connectivity index (χ0) is 19.8. The van der Waals surface area contributed by atoms with Crippen LogP contribution in [-0.2, 0) is 9.53 Å². The van der Waals surface area contributed by atoms with E-state index in [0.717, 1.165) is 18.4 Å². The van der Waals surface area contributed by atoms with Crippen LogP contribution in [0.25, 0.3) is 10.2 Å². The molecule has 0 spiro atoms. The topological polar surface area (TPSA) is 62.7 Å². The number of amides is 2. The molecule has 2 aromatic heterocycles. The molecule has 0 unspecified atom stereocenters. The van der Waals surface area contributed by atoms with Crippen LogP contribution in [0.4, 0.5) is 13.2 Å². The Balaban J connectivity index is 2.02. The molecule has 2 amide bonds. The predicted octanol–water partition coefficient (Wildman–Crippen LogP) is 2.85. The number of aromatic nitrogens is 1. The zero-order valence-corrected chi connectivity index (χ0v) is 15.6. The van der Waals surface area contributed by atoms with E-state index in [1.54, 1.807) is 23.2 Å². The third-order valence-electron chi connectivity index (χ3n) is 4.30. The van der Waals surface area contributed by atoms with Crippen molar-refractivity contribution in [2.75, 3.05) is 33.3 Å². The molecule has 3 rings (SSSR count). The van der Waals surface area contributed by atoms with E-state index in [2.05, 4.69) is 4.98 Å². The van der Waals surface area contributed by atoms with Gasteiger partial charge in [-0.1, -0.05) is 6.07 Å². The first-order chi connectivity index (χ1) is 12.7. The van der Waals surface area contributed by atoms with Crippen LogP contribution in [0.3, 0.4) is 0 Å². The number of thiophene rings is 1. The molecule has 146 valence electrons. The summed E-state index contributed by atoms with van der Waals surface area (Å²) < 4.78 is 43.9. The van der Waals surface area contributed by atoms with Crippen LogP contribution in [0, 0.1) is 0 Å². The fraction of sp³-hybridized carbons (Fsp3) is 0.471. The van der Waals surface area contributed by atoms with Crippen molar-refractivity contribution in [3.05, 3.63) is 28.8 Å². The predicted molar refractivity (Wildman–Crippen MR) is 93.6 cm³/mol. The maximum atomic E-state index is 12.7. The van der Waals surface area contributed by atoms with Gasteiger partial charge < -0.3 is 14.5 Å². The molecule has 1 atom stereocenters. The molecule has 27 heavy (non-hydrogen) atoms. The fourth-order valence-corrected chi connectivity index (χ4v) is 4.24. The highest BCUT2D eigenvalue weighted by atomic mass is 32.1. The molecule has 1 aliphatic heterocycles. The van der Waals surface area contributed by atoms with E-state index in [-0.39, 0.29) is 23.9 Å². The Morgan fingerprint density at radius 3 is 2.85 bits per heavy atom. The van der Waals surface area contributed by atoms with E-state index in [1.165, 1.54) is 6.92 Å². The van der Waals surface area contributed by atoms with Gasteiger partial charge in [0.2, 0.25) is 5.91 Å². The molecule has 0 aromatic carbocycles. The van der Waals surface area contributed by atoms with E-state index in [0.29, 0.717) is 27.2 Å². The number of carbonyl (C=O) groups excluding carboxylic acids is 2. The summed E-state index contributed by atoms with van der Waals surface area (Å²) in [6.45, 7) is 1.05. The molecule has 0 aliphatic carbocycles. The molecule has 0 saturated carbocycles. The largest absolute Gasteiger partial charge is 0.406 e. The van der Waals surface area contributed by atoms with Gasteiger partial charge in [0.05, 0.1) is 13.2 Å². The Labute approximate surface area is 157 Å². The zero-order valence-electron chi connectivity index (χ0n) is 14.7. The fourth-order valence-electron chi connectivity index (χ4n) is 3.05. The number of ether oxygens (including phenoxy) is 1. The first-order valence-electron chi connectivity index (χ1n) is 8.24. The van der Waals surface area contributed by atoms with Gasteiger partial charge in [-0.05, 0) is 6.07 Å². The molecule has 3 heterocycles. The van der Waals surface area contributed by atoms with Crippen molar-refractivity contribution in [3.63, 3.8) is 0 Å². The lowest BCUT2D eigenvalue weighted by Gasteiger charge is -2.33. The summed E-state index contributed by atoms with van der Waals surface area (Å²) in [7, 11) is 1.11. The summed E-state index contributed by atoms with van der Waals surface area (Å²) >= 11 is 1.04. The third kappa shape index (κ3) is 4.22. The summed E-state index contributed by atoms with van der Waals surface area (Å²) in [5.41, 5.74) is 0.494. The number of carbonyl (C=O) groups is 2. The van der Waals surface area contributed by atoms with Gasteiger partial charge in [-0.25, -0.2) is 4.98 Å². The Kier molecular flexibility index (Phi) is 5.38. The van der Waals surface area contributed by atoms with Gasteiger partial charge in [-0.3, -0.25) is 9.59 Å². The van der Waals surface area contributed by atoms with Crippen LogP contribution in [-0.4, -0.2) is 66.1 Å². The second kappa shape index (κ2) is 7.43. The third-order valence-corrected chi connectivity index (χ3v) is 5.41. The van der Waals surface area contributed by atoms with Crippen LogP contribution in [0.2, 0.25) is 0 Å².